The van der Waals surface area contributed by atoms with Gasteiger partial charge >= 0.3 is 37.9 Å². The Kier molecular flexibility index (Phi) is 20.2. The first-order valence-corrected chi connectivity index (χ1v) is 33.7. The van der Waals surface area contributed by atoms with Gasteiger partial charge in [-0.3, -0.25) is 0 Å². The van der Waals surface area contributed by atoms with E-state index in [2.05, 4.69) is 256 Å². The fourth-order valence-electron chi connectivity index (χ4n) is 9.19. The second-order valence-electron chi connectivity index (χ2n) is 23.1. The topological polar surface area (TPSA) is 0 Å². The molecule has 0 nitrogen and oxygen atoms in total. The summed E-state index contributed by atoms with van der Waals surface area (Å²) in [6.07, 6.45) is 4.59. The fraction of sp³-hybridized carbons (Fsp3) is 0.364. The zero-order chi connectivity index (χ0) is 51.6. The number of hydrogen-bond acceptors (Lipinski definition) is 0. The molecule has 0 aliphatic carbocycles. The van der Waals surface area contributed by atoms with Gasteiger partial charge in [0.15, 0.2) is 0 Å². The van der Waals surface area contributed by atoms with Gasteiger partial charge in [-0.2, -0.15) is 12.1 Å². The van der Waals surface area contributed by atoms with Crippen molar-refractivity contribution in [2.75, 3.05) is 0 Å². The van der Waals surface area contributed by atoms with Gasteiger partial charge in [0.05, 0.1) is 0 Å². The Labute approximate surface area is 446 Å². The molecule has 8 rings (SSSR count). The van der Waals surface area contributed by atoms with Crippen molar-refractivity contribution >= 4 is 48.1 Å². The first-order valence-electron chi connectivity index (χ1n) is 25.4. The van der Waals surface area contributed by atoms with Crippen LogP contribution in [0.1, 0.15) is 143 Å². The first-order chi connectivity index (χ1) is 33.0. The number of hydrogen-bond donors (Lipinski definition) is 0. The Morgan fingerprint density at radius 1 is 0.386 bits per heavy atom. The van der Waals surface area contributed by atoms with E-state index in [0.717, 1.165) is 22.4 Å². The zero-order valence-electron chi connectivity index (χ0n) is 45.4. The van der Waals surface area contributed by atoms with Crippen molar-refractivity contribution in [3.63, 3.8) is 0 Å². The Hall–Kier alpha value is -3.78. The predicted molar refractivity (Wildman–Crippen MR) is 313 cm³/mol. The van der Waals surface area contributed by atoms with Gasteiger partial charge < -0.3 is 0 Å². The zero-order valence-corrected chi connectivity index (χ0v) is 50.4. The summed E-state index contributed by atoms with van der Waals surface area (Å²) in [6.45, 7) is 36.1. The Morgan fingerprint density at radius 2 is 0.600 bits per heavy atom. The molecular formula is C66H80Cl2SiZr. The van der Waals surface area contributed by atoms with E-state index in [9.17, 15) is 0 Å². The molecule has 0 unspecified atom stereocenters. The van der Waals surface area contributed by atoms with Gasteiger partial charge in [0, 0.05) is 9.52 Å². The maximum absolute atomic E-state index is 4.93. The second kappa shape index (κ2) is 24.8. The molecule has 0 amide bonds. The quantitative estimate of drug-likeness (QED) is 0.105. The third-order valence-corrected chi connectivity index (χ3v) is 13.2. The molecule has 0 aromatic heterocycles. The van der Waals surface area contributed by atoms with Crippen molar-refractivity contribution in [1.29, 1.82) is 0 Å². The first kappa shape index (κ1) is 57.1. The molecule has 0 aliphatic rings. The molecule has 0 fully saturated rings. The van der Waals surface area contributed by atoms with E-state index >= 15 is 0 Å². The summed E-state index contributed by atoms with van der Waals surface area (Å²) < 4.78 is 0. The van der Waals surface area contributed by atoms with E-state index in [-0.39, 0.29) is 21.7 Å². The summed E-state index contributed by atoms with van der Waals surface area (Å²) in [5.74, 6) is 0. The van der Waals surface area contributed by atoms with Crippen LogP contribution in [0, 0.1) is 0 Å². The minimum absolute atomic E-state index is 0.172. The van der Waals surface area contributed by atoms with E-state index in [1.807, 2.05) is 0 Å². The van der Waals surface area contributed by atoms with E-state index < -0.39 is 20.8 Å². The van der Waals surface area contributed by atoms with Gasteiger partial charge in [0.25, 0.3) is 0 Å². The van der Waals surface area contributed by atoms with Crippen LogP contribution in [-0.2, 0) is 55.3 Å². The number of benzene rings is 6. The van der Waals surface area contributed by atoms with Crippen LogP contribution in [-0.4, -0.2) is 9.52 Å². The Bertz CT molecular complexity index is 2470. The summed E-state index contributed by atoms with van der Waals surface area (Å²) in [4.78, 5) is 0. The van der Waals surface area contributed by atoms with Gasteiger partial charge in [-0.05, 0) is 67.9 Å². The van der Waals surface area contributed by atoms with Crippen LogP contribution in [0.2, 0.25) is 13.1 Å². The Morgan fingerprint density at radius 3 is 0.814 bits per heavy atom. The SMILES string of the molecule is CCCc1cc2c(-c3ccc(C(C)(C)C)cc3)ccc(-c3ccc(C(C)(C)C)cc3)c2[cH-]1.CCCc1cc2c(-c3ccc(C(C)(C)C)cc3)ccc(-c3ccc(C(C)(C)C)cc3)c2[cH-]1.C[Si]C.[Cl][Zr+2][Cl]. The summed E-state index contributed by atoms with van der Waals surface area (Å²) in [6, 6.07) is 55.6. The average Bonchev–Trinajstić information content (AvgIpc) is 3.93. The Balaban J connectivity index is 0.000000235. The van der Waals surface area contributed by atoms with Crippen LogP contribution in [0.15, 0.2) is 146 Å². The van der Waals surface area contributed by atoms with Crippen LogP contribution in [0.3, 0.4) is 0 Å². The van der Waals surface area contributed by atoms with Crippen LogP contribution >= 0.6 is 17.0 Å². The molecule has 8 aromatic rings. The van der Waals surface area contributed by atoms with E-state index in [4.69, 9.17) is 17.0 Å². The van der Waals surface area contributed by atoms with E-state index in [1.54, 1.807) is 0 Å². The standard InChI is InChI=1S/2C32H37.C2H6Si.2ClH.Zr/c2*1-8-9-22-20-29-27(23-10-14-25(15-11-23)31(2,3)4)18-19-28(30(29)21-22)24-12-16-26(17-13-24)32(5,6)7;1-3-2;;;/h2*10-21H,8-9H2,1-7H3;1-2H3;2*1H;/q2*-1;;;;+4/p-2. The minimum atomic E-state index is -0.826. The number of aryl methyl sites for hydroxylation is 2. The number of fused-ring (bicyclic) bond motifs is 2. The molecule has 0 atom stereocenters. The van der Waals surface area contributed by atoms with Crippen molar-refractivity contribution in [1.82, 2.24) is 0 Å². The summed E-state index contributed by atoms with van der Waals surface area (Å²) in [5.41, 5.74) is 19.6. The monoisotopic (exact) mass is 1060 g/mol. The van der Waals surface area contributed by atoms with Crippen molar-refractivity contribution in [3.05, 3.63) is 179 Å². The number of halogens is 2. The molecule has 0 saturated carbocycles. The van der Waals surface area contributed by atoms with Crippen LogP contribution < -0.4 is 0 Å². The summed E-state index contributed by atoms with van der Waals surface area (Å²) in [5, 5.41) is 5.48. The number of rotatable bonds is 8. The summed E-state index contributed by atoms with van der Waals surface area (Å²) in [7, 11) is 11.0. The molecule has 70 heavy (non-hydrogen) atoms. The summed E-state index contributed by atoms with van der Waals surface area (Å²) >= 11 is -0.826. The molecule has 4 heteroatoms. The van der Waals surface area contributed by atoms with E-state index in [1.165, 1.54) is 112 Å². The van der Waals surface area contributed by atoms with Crippen molar-refractivity contribution in [2.24, 2.45) is 0 Å². The van der Waals surface area contributed by atoms with Gasteiger partial charge in [-0.15, -0.1) is 44.8 Å². The van der Waals surface area contributed by atoms with Crippen LogP contribution in [0.4, 0.5) is 0 Å². The molecule has 0 heterocycles. The molecule has 0 aliphatic heterocycles. The molecule has 8 aromatic carbocycles. The molecule has 2 radical (unpaired) electrons. The second-order valence-corrected chi connectivity index (χ2v) is 27.8. The van der Waals surface area contributed by atoms with Crippen molar-refractivity contribution < 1.29 is 20.8 Å². The van der Waals surface area contributed by atoms with Crippen LogP contribution in [0.25, 0.3) is 66.1 Å². The molecular weight excluding hydrogens is 983 g/mol. The fourth-order valence-corrected chi connectivity index (χ4v) is 9.19. The molecule has 0 saturated heterocycles. The molecule has 0 N–H and O–H groups in total. The molecule has 0 bridgehead atoms. The van der Waals surface area contributed by atoms with Gasteiger partial charge in [-0.25, -0.2) is 0 Å². The normalized spacial score (nSPS) is 11.8. The van der Waals surface area contributed by atoms with Crippen LogP contribution in [0.5, 0.6) is 0 Å². The van der Waals surface area contributed by atoms with Gasteiger partial charge in [-0.1, -0.05) is 278 Å². The predicted octanol–water partition coefficient (Wildman–Crippen LogP) is 21.0. The van der Waals surface area contributed by atoms with Gasteiger partial charge in [0.1, 0.15) is 0 Å². The van der Waals surface area contributed by atoms with Gasteiger partial charge in [0.2, 0.25) is 0 Å². The average molecular weight is 1060 g/mol. The maximum atomic E-state index is 4.93. The molecule has 366 valence electrons. The van der Waals surface area contributed by atoms with Crippen molar-refractivity contribution in [3.8, 4) is 44.5 Å². The third kappa shape index (κ3) is 14.7. The third-order valence-electron chi connectivity index (χ3n) is 13.2. The molecule has 0 spiro atoms. The van der Waals surface area contributed by atoms with Crippen molar-refractivity contribution in [2.45, 2.75) is 157 Å². The van der Waals surface area contributed by atoms with E-state index in [0.29, 0.717) is 0 Å².